The molecule has 4 nitrogen and oxygen atoms in total. The van der Waals surface area contributed by atoms with Crippen LogP contribution in [0.5, 0.6) is 0 Å². The van der Waals surface area contributed by atoms with Crippen LogP contribution in [0.2, 0.25) is 0 Å². The number of imide groups is 1. The minimum Gasteiger partial charge on any atom is -0.350 e. The van der Waals surface area contributed by atoms with Gasteiger partial charge in [-0.2, -0.15) is 0 Å². The van der Waals surface area contributed by atoms with Crippen molar-refractivity contribution in [3.05, 3.63) is 102 Å². The van der Waals surface area contributed by atoms with Gasteiger partial charge in [0.05, 0.1) is 11.3 Å². The van der Waals surface area contributed by atoms with E-state index >= 15 is 0 Å². The highest BCUT2D eigenvalue weighted by molar-refractivity contribution is 6.46. The van der Waals surface area contributed by atoms with E-state index in [-0.39, 0.29) is 17.0 Å². The van der Waals surface area contributed by atoms with Crippen LogP contribution in [0.4, 0.5) is 20.2 Å². The summed E-state index contributed by atoms with van der Waals surface area (Å²) in [7, 11) is 0. The van der Waals surface area contributed by atoms with Crippen molar-refractivity contribution >= 4 is 28.8 Å². The number of nitrogens with zero attached hydrogens (tertiary/aromatic N) is 1. The van der Waals surface area contributed by atoms with E-state index in [2.05, 4.69) is 5.32 Å². The van der Waals surface area contributed by atoms with Gasteiger partial charge in [0.25, 0.3) is 11.8 Å². The topological polar surface area (TPSA) is 49.4 Å². The lowest BCUT2D eigenvalue weighted by Crippen LogP contribution is -2.32. The van der Waals surface area contributed by atoms with Crippen molar-refractivity contribution in [3.63, 3.8) is 0 Å². The highest BCUT2D eigenvalue weighted by Crippen LogP contribution is 2.33. The molecule has 0 radical (unpaired) electrons. The molecule has 4 rings (SSSR count). The maximum atomic E-state index is 13.3. The van der Waals surface area contributed by atoms with Crippen LogP contribution in [0.25, 0.3) is 5.57 Å². The summed E-state index contributed by atoms with van der Waals surface area (Å²) < 4.78 is 26.6. The van der Waals surface area contributed by atoms with E-state index in [4.69, 9.17) is 0 Å². The van der Waals surface area contributed by atoms with E-state index in [1.165, 1.54) is 48.5 Å². The molecule has 1 aliphatic heterocycles. The Hall–Kier alpha value is -3.80. The Labute approximate surface area is 159 Å². The number of halogens is 2. The first-order chi connectivity index (χ1) is 13.5. The van der Waals surface area contributed by atoms with Crippen molar-refractivity contribution in [1.82, 2.24) is 0 Å². The normalized spacial score (nSPS) is 14.0. The average molecular weight is 376 g/mol. The zero-order chi connectivity index (χ0) is 19.7. The highest BCUT2D eigenvalue weighted by atomic mass is 19.1. The molecule has 1 heterocycles. The van der Waals surface area contributed by atoms with Crippen LogP contribution >= 0.6 is 0 Å². The maximum Gasteiger partial charge on any atom is 0.282 e. The van der Waals surface area contributed by atoms with Crippen molar-refractivity contribution in [2.24, 2.45) is 0 Å². The van der Waals surface area contributed by atoms with Crippen LogP contribution in [0.3, 0.4) is 0 Å². The minimum absolute atomic E-state index is 0.0760. The van der Waals surface area contributed by atoms with Gasteiger partial charge in [0, 0.05) is 5.69 Å². The first-order valence-corrected chi connectivity index (χ1v) is 8.51. The number of rotatable bonds is 4. The van der Waals surface area contributed by atoms with Crippen LogP contribution in [-0.2, 0) is 9.59 Å². The molecule has 6 heteroatoms. The summed E-state index contributed by atoms with van der Waals surface area (Å²) >= 11 is 0. The van der Waals surface area contributed by atoms with E-state index < -0.39 is 23.4 Å². The number of nitrogens with one attached hydrogen (secondary N) is 1. The molecule has 28 heavy (non-hydrogen) atoms. The van der Waals surface area contributed by atoms with Crippen molar-refractivity contribution in [2.45, 2.75) is 0 Å². The first-order valence-electron chi connectivity index (χ1n) is 8.51. The summed E-state index contributed by atoms with van der Waals surface area (Å²) in [6, 6.07) is 19.3. The Bertz CT molecular complexity index is 1080. The Kier molecular flexibility index (Phi) is 4.45. The lowest BCUT2D eigenvalue weighted by molar-refractivity contribution is -0.120. The van der Waals surface area contributed by atoms with Gasteiger partial charge in [-0.25, -0.2) is 13.7 Å². The zero-order valence-corrected chi connectivity index (χ0v) is 14.5. The van der Waals surface area contributed by atoms with Crippen LogP contribution in [0, 0.1) is 11.6 Å². The Morgan fingerprint density at radius 1 is 0.679 bits per heavy atom. The smallest absolute Gasteiger partial charge is 0.282 e. The Balaban J connectivity index is 1.81. The van der Waals surface area contributed by atoms with E-state index in [1.807, 2.05) is 6.07 Å². The number of anilines is 2. The fourth-order valence-electron chi connectivity index (χ4n) is 3.02. The van der Waals surface area contributed by atoms with Gasteiger partial charge in [-0.05, 0) is 54.1 Å². The summed E-state index contributed by atoms with van der Waals surface area (Å²) in [4.78, 5) is 27.2. The second-order valence-corrected chi connectivity index (χ2v) is 6.17. The number of hydrogen-bond acceptors (Lipinski definition) is 3. The fourth-order valence-corrected chi connectivity index (χ4v) is 3.02. The molecule has 2 amide bonds. The van der Waals surface area contributed by atoms with Gasteiger partial charge in [-0.15, -0.1) is 0 Å². The molecule has 0 unspecified atom stereocenters. The van der Waals surface area contributed by atoms with Gasteiger partial charge in [0.2, 0.25) is 0 Å². The number of benzene rings is 3. The standard InChI is InChI=1S/C22H14F2N2O2/c23-15-8-6-14(7-9-15)19-20(25-17-4-2-1-3-5-17)22(28)26(21(19)27)18-12-10-16(24)11-13-18/h1-13,25H. The van der Waals surface area contributed by atoms with Crippen LogP contribution in [-0.4, -0.2) is 11.8 Å². The summed E-state index contributed by atoms with van der Waals surface area (Å²) in [5.74, 6) is -2.06. The van der Waals surface area contributed by atoms with Gasteiger partial charge in [0.15, 0.2) is 0 Å². The van der Waals surface area contributed by atoms with E-state index in [1.54, 1.807) is 24.3 Å². The van der Waals surface area contributed by atoms with E-state index in [0.717, 1.165) is 4.90 Å². The third-order valence-electron chi connectivity index (χ3n) is 4.34. The molecule has 3 aromatic carbocycles. The van der Waals surface area contributed by atoms with E-state index in [0.29, 0.717) is 11.3 Å². The van der Waals surface area contributed by atoms with Crippen molar-refractivity contribution in [2.75, 3.05) is 10.2 Å². The zero-order valence-electron chi connectivity index (χ0n) is 14.5. The lowest BCUT2D eigenvalue weighted by atomic mass is 10.0. The fraction of sp³-hybridized carbons (Fsp3) is 0. The second-order valence-electron chi connectivity index (χ2n) is 6.17. The number of amides is 2. The maximum absolute atomic E-state index is 13.3. The third kappa shape index (κ3) is 3.16. The van der Waals surface area contributed by atoms with Crippen molar-refractivity contribution in [3.8, 4) is 0 Å². The average Bonchev–Trinajstić information content (AvgIpc) is 2.94. The Morgan fingerprint density at radius 3 is 1.86 bits per heavy atom. The van der Waals surface area contributed by atoms with Crippen LogP contribution < -0.4 is 10.2 Å². The SMILES string of the molecule is O=C1C(Nc2ccccc2)=C(c2ccc(F)cc2)C(=O)N1c1ccc(F)cc1. The van der Waals surface area contributed by atoms with Gasteiger partial charge >= 0.3 is 0 Å². The van der Waals surface area contributed by atoms with E-state index in [9.17, 15) is 18.4 Å². The van der Waals surface area contributed by atoms with Crippen molar-refractivity contribution < 1.29 is 18.4 Å². The molecule has 3 aromatic rings. The molecule has 1 aliphatic rings. The number of carbonyl (C=O) groups excluding carboxylic acids is 2. The summed E-state index contributed by atoms with van der Waals surface area (Å²) in [5.41, 5.74) is 1.48. The molecule has 0 fully saturated rings. The Morgan fingerprint density at radius 2 is 1.25 bits per heavy atom. The van der Waals surface area contributed by atoms with Gasteiger partial charge in [-0.3, -0.25) is 9.59 Å². The largest absolute Gasteiger partial charge is 0.350 e. The molecule has 0 aliphatic carbocycles. The summed E-state index contributed by atoms with van der Waals surface area (Å²) in [6.07, 6.45) is 0. The monoisotopic (exact) mass is 376 g/mol. The molecule has 0 saturated carbocycles. The number of carbonyl (C=O) groups is 2. The van der Waals surface area contributed by atoms with Crippen LogP contribution in [0.15, 0.2) is 84.6 Å². The lowest BCUT2D eigenvalue weighted by Gasteiger charge is -2.15. The molecule has 0 aromatic heterocycles. The molecule has 1 N–H and O–H groups in total. The number of hydrogen-bond donors (Lipinski definition) is 1. The molecular weight excluding hydrogens is 362 g/mol. The first kappa shape index (κ1) is 17.6. The molecule has 138 valence electrons. The predicted molar refractivity (Wildman–Crippen MR) is 102 cm³/mol. The molecule has 0 bridgehead atoms. The number of para-hydroxylation sites is 1. The quantitative estimate of drug-likeness (QED) is 0.689. The van der Waals surface area contributed by atoms with Gasteiger partial charge in [0.1, 0.15) is 17.3 Å². The second kappa shape index (κ2) is 7.08. The summed E-state index contributed by atoms with van der Waals surface area (Å²) in [6.45, 7) is 0. The van der Waals surface area contributed by atoms with Crippen molar-refractivity contribution in [1.29, 1.82) is 0 Å². The summed E-state index contributed by atoms with van der Waals surface area (Å²) in [5, 5.41) is 3.00. The van der Waals surface area contributed by atoms with Gasteiger partial charge in [-0.1, -0.05) is 30.3 Å². The van der Waals surface area contributed by atoms with Gasteiger partial charge < -0.3 is 5.32 Å². The molecular formula is C22H14F2N2O2. The predicted octanol–water partition coefficient (Wildman–Crippen LogP) is 4.36. The molecule has 0 saturated heterocycles. The minimum atomic E-state index is -0.570. The van der Waals surface area contributed by atoms with Crippen LogP contribution in [0.1, 0.15) is 5.56 Å². The highest BCUT2D eigenvalue weighted by Gasteiger charge is 2.40. The molecule has 0 spiro atoms. The molecule has 0 atom stereocenters. The third-order valence-corrected chi connectivity index (χ3v) is 4.34.